The number of nitrogens with two attached hydrogens (primary N) is 1. The third-order valence-electron chi connectivity index (χ3n) is 6.75. The molecule has 2 aliphatic rings. The van der Waals surface area contributed by atoms with E-state index in [-0.39, 0.29) is 34.5 Å². The van der Waals surface area contributed by atoms with E-state index in [1.807, 2.05) is 23.5 Å². The summed E-state index contributed by atoms with van der Waals surface area (Å²) in [6.45, 7) is 10.6. The largest absolute Gasteiger partial charge is 0.475 e. The first-order valence-corrected chi connectivity index (χ1v) is 8.96. The van der Waals surface area contributed by atoms with Gasteiger partial charge in [0.05, 0.1) is 17.6 Å². The number of fused-ring (bicyclic) bond motifs is 2. The maximum atomic E-state index is 13.6. The van der Waals surface area contributed by atoms with E-state index in [1.54, 1.807) is 6.07 Å². The average Bonchev–Trinajstić information content (AvgIpc) is 2.59. The van der Waals surface area contributed by atoms with Crippen molar-refractivity contribution >= 4 is 17.9 Å². The molecule has 0 aliphatic heterocycles. The van der Waals surface area contributed by atoms with Gasteiger partial charge in [-0.05, 0) is 35.8 Å². The molecule has 1 saturated carbocycles. The number of Topliss-reactive ketones (excluding diaryl/α,β-unsaturated/α-hetero) is 1. The van der Waals surface area contributed by atoms with Gasteiger partial charge < -0.3 is 10.6 Å². The Morgan fingerprint density at radius 1 is 1.36 bits per heavy atom. The molecule has 4 heteroatoms. The summed E-state index contributed by atoms with van der Waals surface area (Å²) in [4.78, 5) is 24.6. The highest BCUT2D eigenvalue weighted by atomic mass is 16.1. The second-order valence-corrected chi connectivity index (χ2v) is 8.22. The van der Waals surface area contributed by atoms with Crippen molar-refractivity contribution in [1.29, 1.82) is 0 Å². The second kappa shape index (κ2) is 6.10. The van der Waals surface area contributed by atoms with Crippen LogP contribution < -0.4 is 10.6 Å². The molecule has 3 rings (SSSR count). The van der Waals surface area contributed by atoms with Gasteiger partial charge in [0.1, 0.15) is 0 Å². The quantitative estimate of drug-likeness (QED) is 0.503. The Kier molecular flexibility index (Phi) is 4.36. The second-order valence-electron chi connectivity index (χ2n) is 8.22. The van der Waals surface area contributed by atoms with Crippen LogP contribution in [-0.4, -0.2) is 18.2 Å². The third kappa shape index (κ3) is 2.46. The van der Waals surface area contributed by atoms with E-state index < -0.39 is 0 Å². The molecular weight excluding hydrogens is 312 g/mol. The number of hydrogen-bond acceptors (Lipinski definition) is 2. The number of quaternary nitrogens is 1. The van der Waals surface area contributed by atoms with Crippen molar-refractivity contribution in [3.8, 4) is 0 Å². The zero-order valence-electron chi connectivity index (χ0n) is 15.3. The van der Waals surface area contributed by atoms with Crippen LogP contribution >= 0.6 is 0 Å². The maximum Gasteiger partial charge on any atom is 0.211 e. The fraction of sp³-hybridized carbons (Fsp3) is 0.476. The molecule has 4 nitrogen and oxygen atoms in total. The standard InChI is InChI=1S/C21H28N2O2/c1-6-21(4)11-10-14-17(19(21)22-5)18(25)16-13(20(14,2)3)8-7-9-15(16)23-12-24/h6-9,12,14,17,19H,1,5,10-11,22H2,2-4H3,(H,23,24)/t14-,17-,19+,21+/m1/s1. The topological polar surface area (TPSA) is 62.8 Å². The molecule has 0 unspecified atom stereocenters. The smallest absolute Gasteiger partial charge is 0.211 e. The van der Waals surface area contributed by atoms with Crippen LogP contribution in [-0.2, 0) is 10.2 Å². The zero-order valence-corrected chi connectivity index (χ0v) is 15.3. The minimum absolute atomic E-state index is 0.0490. The molecule has 3 N–H and O–H groups in total. The number of carbonyl (C=O) groups is 2. The summed E-state index contributed by atoms with van der Waals surface area (Å²) in [7, 11) is 4.04. The van der Waals surface area contributed by atoms with Gasteiger partial charge in [-0.2, -0.15) is 7.05 Å². The van der Waals surface area contributed by atoms with Gasteiger partial charge in [0.2, 0.25) is 6.41 Å². The van der Waals surface area contributed by atoms with Gasteiger partial charge in [-0.1, -0.05) is 39.0 Å². The van der Waals surface area contributed by atoms with Crippen LogP contribution in [0, 0.1) is 24.3 Å². The first-order valence-electron chi connectivity index (χ1n) is 8.96. The molecule has 25 heavy (non-hydrogen) atoms. The molecule has 0 radical (unpaired) electrons. The van der Waals surface area contributed by atoms with Crippen LogP contribution in [0.5, 0.6) is 0 Å². The molecule has 4 atom stereocenters. The molecule has 0 aromatic heterocycles. The van der Waals surface area contributed by atoms with Crippen LogP contribution in [0.4, 0.5) is 5.69 Å². The Morgan fingerprint density at radius 2 is 2.08 bits per heavy atom. The molecule has 1 amide bonds. The number of hydrogen-bond donors (Lipinski definition) is 2. The molecule has 1 fully saturated rings. The van der Waals surface area contributed by atoms with Gasteiger partial charge in [0.25, 0.3) is 0 Å². The first-order chi connectivity index (χ1) is 11.8. The van der Waals surface area contributed by atoms with Gasteiger partial charge in [-0.3, -0.25) is 9.59 Å². The van der Waals surface area contributed by atoms with E-state index in [4.69, 9.17) is 0 Å². The van der Waals surface area contributed by atoms with Gasteiger partial charge in [0, 0.05) is 11.0 Å². The van der Waals surface area contributed by atoms with E-state index in [0.717, 1.165) is 18.4 Å². The minimum atomic E-state index is -0.141. The van der Waals surface area contributed by atoms with Crippen molar-refractivity contribution in [3.05, 3.63) is 49.0 Å². The summed E-state index contributed by atoms with van der Waals surface area (Å²) in [5, 5.41) is 4.66. The lowest BCUT2D eigenvalue weighted by atomic mass is 9.50. The molecule has 1 aromatic carbocycles. The van der Waals surface area contributed by atoms with Crippen molar-refractivity contribution in [2.45, 2.75) is 45.1 Å². The monoisotopic (exact) mass is 340 g/mol. The van der Waals surface area contributed by atoms with Crippen LogP contribution in [0.15, 0.2) is 30.9 Å². The SMILES string of the molecule is C=C[C@@]1(C)CC[C@@H]2[C@H](C(=O)c3c(NC=O)cccc3C2(C)C)[C@@H]1[NH2+][CH2-]. The van der Waals surface area contributed by atoms with Crippen molar-refractivity contribution < 1.29 is 14.9 Å². The fourth-order valence-corrected chi connectivity index (χ4v) is 5.19. The maximum absolute atomic E-state index is 13.6. The van der Waals surface area contributed by atoms with Crippen molar-refractivity contribution in [2.24, 2.45) is 17.3 Å². The van der Waals surface area contributed by atoms with Crippen LogP contribution in [0.2, 0.25) is 0 Å². The highest BCUT2D eigenvalue weighted by molar-refractivity contribution is 6.07. The number of carbonyl (C=O) groups excluding carboxylic acids is 2. The third-order valence-corrected chi connectivity index (χ3v) is 6.75. The van der Waals surface area contributed by atoms with Crippen molar-refractivity contribution in [3.63, 3.8) is 0 Å². The number of anilines is 1. The highest BCUT2D eigenvalue weighted by Gasteiger charge is 2.57. The summed E-state index contributed by atoms with van der Waals surface area (Å²) in [5.74, 6) is 0.253. The Hall–Kier alpha value is -1.94. The van der Waals surface area contributed by atoms with Crippen LogP contribution in [0.25, 0.3) is 0 Å². The van der Waals surface area contributed by atoms with E-state index in [1.165, 1.54) is 0 Å². The molecule has 1 aromatic rings. The molecule has 0 heterocycles. The first kappa shape index (κ1) is 17.9. The summed E-state index contributed by atoms with van der Waals surface area (Å²) < 4.78 is 0. The minimum Gasteiger partial charge on any atom is -0.475 e. The van der Waals surface area contributed by atoms with Gasteiger partial charge in [-0.15, -0.1) is 6.58 Å². The number of amides is 1. The lowest BCUT2D eigenvalue weighted by Crippen LogP contribution is -2.91. The number of nitrogens with one attached hydrogen (secondary N) is 1. The van der Waals surface area contributed by atoms with Crippen molar-refractivity contribution in [2.75, 3.05) is 5.32 Å². The molecule has 134 valence electrons. The predicted octanol–water partition coefficient (Wildman–Crippen LogP) is 2.67. The van der Waals surface area contributed by atoms with Crippen LogP contribution in [0.3, 0.4) is 0 Å². The lowest BCUT2D eigenvalue weighted by molar-refractivity contribution is -0.656. The number of benzene rings is 1. The summed E-state index contributed by atoms with van der Waals surface area (Å²) in [6.07, 6.45) is 4.62. The normalized spacial score (nSPS) is 33.1. The van der Waals surface area contributed by atoms with E-state index in [0.29, 0.717) is 17.7 Å². The zero-order chi connectivity index (χ0) is 18.4. The lowest BCUT2D eigenvalue weighted by Gasteiger charge is -2.54. The highest BCUT2D eigenvalue weighted by Crippen LogP contribution is 2.54. The molecule has 0 spiro atoms. The Labute approximate surface area is 150 Å². The van der Waals surface area contributed by atoms with E-state index in [2.05, 4.69) is 39.7 Å². The Balaban J connectivity index is 2.21. The average molecular weight is 340 g/mol. The summed E-state index contributed by atoms with van der Waals surface area (Å²) in [5.41, 5.74) is 2.05. The Morgan fingerprint density at radius 3 is 2.68 bits per heavy atom. The van der Waals surface area contributed by atoms with Gasteiger partial charge in [0.15, 0.2) is 5.78 Å². The van der Waals surface area contributed by atoms with Crippen molar-refractivity contribution in [1.82, 2.24) is 0 Å². The number of rotatable bonds is 4. The molecule has 0 saturated heterocycles. The van der Waals surface area contributed by atoms with Gasteiger partial charge >= 0.3 is 0 Å². The molecule has 0 bridgehead atoms. The molecular formula is C21H28N2O2. The number of ketones is 1. The summed E-state index contributed by atoms with van der Waals surface area (Å²) in [6, 6.07) is 5.80. The van der Waals surface area contributed by atoms with E-state index in [9.17, 15) is 9.59 Å². The summed E-state index contributed by atoms with van der Waals surface area (Å²) >= 11 is 0. The van der Waals surface area contributed by atoms with E-state index >= 15 is 0 Å². The molecule has 2 aliphatic carbocycles. The van der Waals surface area contributed by atoms with Gasteiger partial charge in [-0.25, -0.2) is 0 Å². The predicted molar refractivity (Wildman–Crippen MR) is 99.1 cm³/mol. The van der Waals surface area contributed by atoms with Crippen LogP contribution in [0.1, 0.15) is 49.5 Å². The fourth-order valence-electron chi connectivity index (χ4n) is 5.19. The Bertz CT molecular complexity index is 725.